The van der Waals surface area contributed by atoms with Gasteiger partial charge in [0.25, 0.3) is 0 Å². The van der Waals surface area contributed by atoms with Crippen molar-refractivity contribution in [2.45, 2.75) is 18.9 Å². The standard InChI is InChI=1S/C13H21N3O4S/c1-14(2)13(20)15-5-3-9(4-6-15)11(17)16-8-21-7-10(16)12(18)19/h9-10H,3-8H2,1-2H3,(H,18,19). The molecule has 2 saturated heterocycles. The lowest BCUT2D eigenvalue weighted by Gasteiger charge is -2.35. The second kappa shape index (κ2) is 6.55. The number of carboxylic acid groups (broad SMARTS) is 1. The molecule has 0 aromatic carbocycles. The molecule has 0 spiro atoms. The SMILES string of the molecule is CN(C)C(=O)N1CCC(C(=O)N2CSCC2C(=O)O)CC1. The van der Waals surface area contributed by atoms with E-state index in [1.165, 1.54) is 21.6 Å². The van der Waals surface area contributed by atoms with Gasteiger partial charge in [-0.1, -0.05) is 0 Å². The van der Waals surface area contributed by atoms with E-state index in [4.69, 9.17) is 5.11 Å². The number of piperidine rings is 1. The molecule has 0 radical (unpaired) electrons. The molecule has 2 aliphatic rings. The van der Waals surface area contributed by atoms with Gasteiger partial charge < -0.3 is 19.8 Å². The van der Waals surface area contributed by atoms with Crippen molar-refractivity contribution in [3.05, 3.63) is 0 Å². The van der Waals surface area contributed by atoms with Gasteiger partial charge in [-0.3, -0.25) is 4.79 Å². The van der Waals surface area contributed by atoms with E-state index in [1.807, 2.05) is 0 Å². The van der Waals surface area contributed by atoms with Crippen LogP contribution in [0, 0.1) is 5.92 Å². The Bertz CT molecular complexity index is 435. The largest absolute Gasteiger partial charge is 0.480 e. The van der Waals surface area contributed by atoms with Crippen LogP contribution in [0.1, 0.15) is 12.8 Å². The van der Waals surface area contributed by atoms with Crippen LogP contribution in [0.2, 0.25) is 0 Å². The molecule has 2 rings (SSSR count). The van der Waals surface area contributed by atoms with Crippen LogP contribution in [-0.4, -0.2) is 82.6 Å². The van der Waals surface area contributed by atoms with Crippen molar-refractivity contribution < 1.29 is 19.5 Å². The first-order valence-electron chi connectivity index (χ1n) is 6.99. The minimum Gasteiger partial charge on any atom is -0.480 e. The monoisotopic (exact) mass is 315 g/mol. The first-order valence-corrected chi connectivity index (χ1v) is 8.14. The summed E-state index contributed by atoms with van der Waals surface area (Å²) < 4.78 is 0. The van der Waals surface area contributed by atoms with Crippen LogP contribution in [0.4, 0.5) is 4.79 Å². The van der Waals surface area contributed by atoms with Gasteiger partial charge in [0.15, 0.2) is 0 Å². The summed E-state index contributed by atoms with van der Waals surface area (Å²) in [5.41, 5.74) is 0. The maximum Gasteiger partial charge on any atom is 0.327 e. The highest BCUT2D eigenvalue weighted by molar-refractivity contribution is 7.99. The number of hydrogen-bond donors (Lipinski definition) is 1. The molecule has 3 amide bonds. The van der Waals surface area contributed by atoms with Crippen molar-refractivity contribution in [3.63, 3.8) is 0 Å². The van der Waals surface area contributed by atoms with Crippen molar-refractivity contribution in [1.29, 1.82) is 0 Å². The molecule has 1 unspecified atom stereocenters. The summed E-state index contributed by atoms with van der Waals surface area (Å²) in [6, 6.07) is -0.745. The number of aliphatic carboxylic acids is 1. The Morgan fingerprint density at radius 2 is 1.81 bits per heavy atom. The summed E-state index contributed by atoms with van der Waals surface area (Å²) in [7, 11) is 3.41. The Labute approximate surface area is 128 Å². The lowest BCUT2D eigenvalue weighted by atomic mass is 9.95. The molecule has 118 valence electrons. The van der Waals surface area contributed by atoms with E-state index in [0.717, 1.165) is 0 Å². The first-order chi connectivity index (χ1) is 9.91. The van der Waals surface area contributed by atoms with E-state index in [0.29, 0.717) is 37.6 Å². The van der Waals surface area contributed by atoms with Crippen LogP contribution >= 0.6 is 11.8 Å². The molecule has 2 aliphatic heterocycles. The summed E-state index contributed by atoms with van der Waals surface area (Å²) in [6.45, 7) is 1.10. The molecule has 1 N–H and O–H groups in total. The smallest absolute Gasteiger partial charge is 0.327 e. The Kier molecular flexibility index (Phi) is 4.97. The fraction of sp³-hybridized carbons (Fsp3) is 0.769. The predicted octanol–water partition coefficient (Wildman–Crippen LogP) is 0.366. The lowest BCUT2D eigenvalue weighted by Crippen LogP contribution is -2.49. The van der Waals surface area contributed by atoms with Gasteiger partial charge in [-0.25, -0.2) is 9.59 Å². The molecular weight excluding hydrogens is 294 g/mol. The summed E-state index contributed by atoms with van der Waals surface area (Å²) in [5, 5.41) is 9.14. The fourth-order valence-corrected chi connectivity index (χ4v) is 3.85. The van der Waals surface area contributed by atoms with Crippen LogP contribution in [0.5, 0.6) is 0 Å². The van der Waals surface area contributed by atoms with Crippen molar-refractivity contribution in [2.24, 2.45) is 5.92 Å². The zero-order chi connectivity index (χ0) is 15.6. The molecule has 7 nitrogen and oxygen atoms in total. The predicted molar refractivity (Wildman–Crippen MR) is 79.0 cm³/mol. The maximum absolute atomic E-state index is 12.5. The third-order valence-electron chi connectivity index (χ3n) is 3.95. The Balaban J connectivity index is 1.91. The number of carbonyl (C=O) groups is 3. The van der Waals surface area contributed by atoms with E-state index in [1.54, 1.807) is 19.0 Å². The second-order valence-corrected chi connectivity index (χ2v) is 6.60. The van der Waals surface area contributed by atoms with E-state index >= 15 is 0 Å². The topological polar surface area (TPSA) is 81.2 Å². The van der Waals surface area contributed by atoms with E-state index in [9.17, 15) is 14.4 Å². The van der Waals surface area contributed by atoms with Gasteiger partial charge in [-0.05, 0) is 12.8 Å². The zero-order valence-electron chi connectivity index (χ0n) is 12.3. The van der Waals surface area contributed by atoms with E-state index in [-0.39, 0.29) is 17.9 Å². The summed E-state index contributed by atoms with van der Waals surface area (Å²) in [6.07, 6.45) is 1.21. The number of likely N-dealkylation sites (tertiary alicyclic amines) is 1. The van der Waals surface area contributed by atoms with Crippen LogP contribution in [-0.2, 0) is 9.59 Å². The van der Waals surface area contributed by atoms with Gasteiger partial charge in [0.1, 0.15) is 6.04 Å². The van der Waals surface area contributed by atoms with Gasteiger partial charge in [0.2, 0.25) is 5.91 Å². The van der Waals surface area contributed by atoms with Crippen LogP contribution in [0.3, 0.4) is 0 Å². The molecule has 0 bridgehead atoms. The van der Waals surface area contributed by atoms with Crippen molar-refractivity contribution >= 4 is 29.7 Å². The number of carbonyl (C=O) groups excluding carboxylic acids is 2. The molecule has 0 aromatic rings. The Morgan fingerprint density at radius 1 is 1.19 bits per heavy atom. The number of urea groups is 1. The van der Waals surface area contributed by atoms with Crippen LogP contribution in [0.25, 0.3) is 0 Å². The molecule has 2 fully saturated rings. The van der Waals surface area contributed by atoms with Gasteiger partial charge >= 0.3 is 12.0 Å². The number of carboxylic acids is 1. The van der Waals surface area contributed by atoms with Gasteiger partial charge in [-0.2, -0.15) is 0 Å². The fourth-order valence-electron chi connectivity index (χ4n) is 2.70. The highest BCUT2D eigenvalue weighted by Gasteiger charge is 2.38. The number of thioether (sulfide) groups is 1. The van der Waals surface area contributed by atoms with Crippen molar-refractivity contribution in [2.75, 3.05) is 38.8 Å². The molecule has 2 heterocycles. The van der Waals surface area contributed by atoms with Gasteiger partial charge in [0.05, 0.1) is 5.88 Å². The number of nitrogens with zero attached hydrogens (tertiary/aromatic N) is 3. The van der Waals surface area contributed by atoms with E-state index in [2.05, 4.69) is 0 Å². The number of rotatable bonds is 2. The average molecular weight is 315 g/mol. The minimum atomic E-state index is -0.937. The Morgan fingerprint density at radius 3 is 2.33 bits per heavy atom. The average Bonchev–Trinajstić information content (AvgIpc) is 2.95. The second-order valence-electron chi connectivity index (χ2n) is 5.60. The quantitative estimate of drug-likeness (QED) is 0.796. The molecular formula is C13H21N3O4S. The number of amides is 3. The van der Waals surface area contributed by atoms with Crippen molar-refractivity contribution in [1.82, 2.24) is 14.7 Å². The molecule has 0 aromatic heterocycles. The lowest BCUT2D eigenvalue weighted by molar-refractivity contribution is -0.150. The van der Waals surface area contributed by atoms with Gasteiger partial charge in [-0.15, -0.1) is 11.8 Å². The minimum absolute atomic E-state index is 0.0407. The highest BCUT2D eigenvalue weighted by Crippen LogP contribution is 2.27. The summed E-state index contributed by atoms with van der Waals surface area (Å²) >= 11 is 1.47. The Hall–Kier alpha value is -1.44. The molecule has 1 atom stereocenters. The van der Waals surface area contributed by atoms with Crippen LogP contribution < -0.4 is 0 Å². The summed E-state index contributed by atoms with van der Waals surface area (Å²) in [5.74, 6) is -0.277. The zero-order valence-corrected chi connectivity index (χ0v) is 13.1. The normalized spacial score (nSPS) is 23.2. The third-order valence-corrected chi connectivity index (χ3v) is 4.96. The number of hydrogen-bond acceptors (Lipinski definition) is 4. The highest BCUT2D eigenvalue weighted by atomic mass is 32.2. The maximum atomic E-state index is 12.5. The van der Waals surface area contributed by atoms with Crippen molar-refractivity contribution in [3.8, 4) is 0 Å². The molecule has 21 heavy (non-hydrogen) atoms. The van der Waals surface area contributed by atoms with Gasteiger partial charge in [0, 0.05) is 38.9 Å². The third kappa shape index (κ3) is 3.42. The van der Waals surface area contributed by atoms with E-state index < -0.39 is 12.0 Å². The summed E-state index contributed by atoms with van der Waals surface area (Å²) in [4.78, 5) is 40.2. The molecule has 0 aliphatic carbocycles. The van der Waals surface area contributed by atoms with Crippen LogP contribution in [0.15, 0.2) is 0 Å². The molecule has 0 saturated carbocycles. The molecule has 8 heteroatoms. The first kappa shape index (κ1) is 15.9.